The second-order valence-electron chi connectivity index (χ2n) is 7.47. The SMILES string of the molecule is CCOC(=O)C[C@H]1O[C@H](COCc2ccccc2)[C@H](O)[C@H]1CS(=O)(=O)c1ccccc1. The lowest BCUT2D eigenvalue weighted by Crippen LogP contribution is -2.35. The third-order valence-electron chi connectivity index (χ3n) is 5.23. The molecule has 2 aromatic rings. The maximum absolute atomic E-state index is 12.9. The molecule has 1 saturated heterocycles. The van der Waals surface area contributed by atoms with E-state index in [2.05, 4.69) is 0 Å². The van der Waals surface area contributed by atoms with Gasteiger partial charge in [-0.05, 0) is 24.6 Å². The quantitative estimate of drug-likeness (QED) is 0.557. The van der Waals surface area contributed by atoms with Gasteiger partial charge in [-0.3, -0.25) is 4.79 Å². The fourth-order valence-electron chi connectivity index (χ4n) is 3.67. The summed E-state index contributed by atoms with van der Waals surface area (Å²) in [6, 6.07) is 17.6. The van der Waals surface area contributed by atoms with Gasteiger partial charge in [0.25, 0.3) is 0 Å². The molecule has 1 N–H and O–H groups in total. The van der Waals surface area contributed by atoms with E-state index < -0.39 is 40.0 Å². The zero-order chi connectivity index (χ0) is 22.3. The van der Waals surface area contributed by atoms with Gasteiger partial charge in [0.05, 0.1) is 49.1 Å². The molecule has 1 heterocycles. The van der Waals surface area contributed by atoms with E-state index in [-0.39, 0.29) is 30.3 Å². The predicted molar refractivity (Wildman–Crippen MR) is 114 cm³/mol. The van der Waals surface area contributed by atoms with E-state index in [9.17, 15) is 18.3 Å². The van der Waals surface area contributed by atoms with E-state index in [0.717, 1.165) is 5.56 Å². The molecule has 1 fully saturated rings. The zero-order valence-corrected chi connectivity index (χ0v) is 18.2. The van der Waals surface area contributed by atoms with Crippen LogP contribution in [-0.2, 0) is 35.4 Å². The Morgan fingerprint density at radius 2 is 1.68 bits per heavy atom. The molecule has 3 rings (SSSR count). The first kappa shape index (κ1) is 23.4. The molecular formula is C23H28O7S. The molecular weight excluding hydrogens is 420 g/mol. The number of hydrogen-bond donors (Lipinski definition) is 1. The molecule has 0 aromatic heterocycles. The number of rotatable bonds is 10. The maximum atomic E-state index is 12.9. The van der Waals surface area contributed by atoms with Gasteiger partial charge in [-0.25, -0.2) is 8.42 Å². The molecule has 0 bridgehead atoms. The highest BCUT2D eigenvalue weighted by Gasteiger charge is 2.46. The van der Waals surface area contributed by atoms with Crippen molar-refractivity contribution in [3.05, 3.63) is 66.2 Å². The third kappa shape index (κ3) is 6.36. The summed E-state index contributed by atoms with van der Waals surface area (Å²) in [6.07, 6.45) is -2.74. The van der Waals surface area contributed by atoms with Crippen molar-refractivity contribution in [3.63, 3.8) is 0 Å². The van der Waals surface area contributed by atoms with Gasteiger partial charge in [0, 0.05) is 5.92 Å². The topological polar surface area (TPSA) is 99.1 Å². The van der Waals surface area contributed by atoms with Crippen molar-refractivity contribution >= 4 is 15.8 Å². The molecule has 1 aliphatic rings. The zero-order valence-electron chi connectivity index (χ0n) is 17.4. The Balaban J connectivity index is 1.69. The second kappa shape index (κ2) is 10.9. The Hall–Kier alpha value is -2.26. The van der Waals surface area contributed by atoms with Gasteiger partial charge in [0.1, 0.15) is 6.10 Å². The molecule has 0 saturated carbocycles. The average Bonchev–Trinajstić information content (AvgIpc) is 3.04. The Morgan fingerprint density at radius 3 is 2.32 bits per heavy atom. The number of hydrogen-bond acceptors (Lipinski definition) is 7. The highest BCUT2D eigenvalue weighted by molar-refractivity contribution is 7.91. The van der Waals surface area contributed by atoms with Crippen molar-refractivity contribution in [1.82, 2.24) is 0 Å². The summed E-state index contributed by atoms with van der Waals surface area (Å²) in [6.45, 7) is 2.32. The van der Waals surface area contributed by atoms with Crippen LogP contribution in [0.15, 0.2) is 65.6 Å². The molecule has 0 aliphatic carbocycles. The van der Waals surface area contributed by atoms with Crippen LogP contribution in [0.1, 0.15) is 18.9 Å². The fraction of sp³-hybridized carbons (Fsp3) is 0.435. The van der Waals surface area contributed by atoms with Gasteiger partial charge in [-0.15, -0.1) is 0 Å². The first-order valence-corrected chi connectivity index (χ1v) is 11.9. The Labute approximate surface area is 182 Å². The normalized spacial score (nSPS) is 23.5. The lowest BCUT2D eigenvalue weighted by Gasteiger charge is -2.20. The molecule has 31 heavy (non-hydrogen) atoms. The van der Waals surface area contributed by atoms with Crippen LogP contribution >= 0.6 is 0 Å². The maximum Gasteiger partial charge on any atom is 0.308 e. The van der Waals surface area contributed by atoms with Crippen LogP contribution in [0.3, 0.4) is 0 Å². The van der Waals surface area contributed by atoms with Crippen LogP contribution in [0, 0.1) is 5.92 Å². The lowest BCUT2D eigenvalue weighted by atomic mass is 9.96. The lowest BCUT2D eigenvalue weighted by molar-refractivity contribution is -0.147. The summed E-state index contributed by atoms with van der Waals surface area (Å²) < 4.78 is 42.3. The molecule has 1 aliphatic heterocycles. The molecule has 7 nitrogen and oxygen atoms in total. The summed E-state index contributed by atoms with van der Waals surface area (Å²) in [5, 5.41) is 10.8. The minimum absolute atomic E-state index is 0.0806. The standard InChI is InChI=1S/C23H28O7S/c1-2-29-22(24)13-20-19(16-31(26,27)18-11-7-4-8-12-18)23(25)21(30-20)15-28-14-17-9-5-3-6-10-17/h3-12,19-21,23,25H,2,13-16H2,1H3/t19-,20+,21+,23+/m0/s1. The van der Waals surface area contributed by atoms with E-state index in [1.165, 1.54) is 12.1 Å². The minimum atomic E-state index is -3.68. The van der Waals surface area contributed by atoms with Crippen molar-refractivity contribution < 1.29 is 32.5 Å². The van der Waals surface area contributed by atoms with Crippen molar-refractivity contribution in [2.24, 2.45) is 5.92 Å². The number of esters is 1. The number of aliphatic hydroxyl groups is 1. The van der Waals surface area contributed by atoms with Crippen molar-refractivity contribution in [2.45, 2.75) is 43.2 Å². The van der Waals surface area contributed by atoms with Gasteiger partial charge in [0.2, 0.25) is 0 Å². The molecule has 4 atom stereocenters. The number of carbonyl (C=O) groups excluding carboxylic acids is 1. The van der Waals surface area contributed by atoms with Crippen molar-refractivity contribution in [3.8, 4) is 0 Å². The van der Waals surface area contributed by atoms with Crippen LogP contribution in [0.4, 0.5) is 0 Å². The monoisotopic (exact) mass is 448 g/mol. The number of carbonyl (C=O) groups is 1. The predicted octanol–water partition coefficient (Wildman–Crippen LogP) is 2.37. The summed E-state index contributed by atoms with van der Waals surface area (Å²) >= 11 is 0. The van der Waals surface area contributed by atoms with E-state index >= 15 is 0 Å². The van der Waals surface area contributed by atoms with Gasteiger partial charge in [-0.2, -0.15) is 0 Å². The Bertz CT molecular complexity index is 931. The molecule has 0 amide bonds. The smallest absolute Gasteiger partial charge is 0.308 e. The van der Waals surface area contributed by atoms with Crippen LogP contribution in [0.2, 0.25) is 0 Å². The van der Waals surface area contributed by atoms with Gasteiger partial charge in [0.15, 0.2) is 9.84 Å². The molecule has 0 radical (unpaired) electrons. The number of benzene rings is 2. The Morgan fingerprint density at radius 1 is 1.03 bits per heavy atom. The minimum Gasteiger partial charge on any atom is -0.466 e. The third-order valence-corrected chi connectivity index (χ3v) is 7.04. The molecule has 0 spiro atoms. The summed E-state index contributed by atoms with van der Waals surface area (Å²) in [5.41, 5.74) is 0.973. The van der Waals surface area contributed by atoms with Crippen molar-refractivity contribution in [2.75, 3.05) is 19.0 Å². The first-order valence-electron chi connectivity index (χ1n) is 10.3. The first-order chi connectivity index (χ1) is 14.9. The molecule has 168 valence electrons. The summed E-state index contributed by atoms with van der Waals surface area (Å²) in [7, 11) is -3.68. The average molecular weight is 449 g/mol. The van der Waals surface area contributed by atoms with E-state index in [1.807, 2.05) is 30.3 Å². The highest BCUT2D eigenvalue weighted by atomic mass is 32.2. The van der Waals surface area contributed by atoms with Crippen LogP contribution in [0.25, 0.3) is 0 Å². The molecule has 0 unspecified atom stereocenters. The molecule has 8 heteroatoms. The van der Waals surface area contributed by atoms with Crippen LogP contribution < -0.4 is 0 Å². The van der Waals surface area contributed by atoms with Gasteiger partial charge < -0.3 is 19.3 Å². The summed E-state index contributed by atoms with van der Waals surface area (Å²) in [4.78, 5) is 12.2. The summed E-state index contributed by atoms with van der Waals surface area (Å²) in [5.74, 6) is -1.61. The van der Waals surface area contributed by atoms with E-state index in [0.29, 0.717) is 6.61 Å². The van der Waals surface area contributed by atoms with Crippen molar-refractivity contribution in [1.29, 1.82) is 0 Å². The van der Waals surface area contributed by atoms with E-state index in [1.54, 1.807) is 25.1 Å². The number of aliphatic hydroxyl groups excluding tert-OH is 1. The fourth-order valence-corrected chi connectivity index (χ4v) is 5.36. The van der Waals surface area contributed by atoms with E-state index in [4.69, 9.17) is 14.2 Å². The largest absolute Gasteiger partial charge is 0.466 e. The van der Waals surface area contributed by atoms with Gasteiger partial charge in [-0.1, -0.05) is 48.5 Å². The molecule has 2 aromatic carbocycles. The van der Waals surface area contributed by atoms with Crippen LogP contribution in [-0.4, -0.2) is 56.8 Å². The highest BCUT2D eigenvalue weighted by Crippen LogP contribution is 2.32. The van der Waals surface area contributed by atoms with Crippen LogP contribution in [0.5, 0.6) is 0 Å². The number of sulfone groups is 1. The number of ether oxygens (including phenoxy) is 3. The Kier molecular flexibility index (Phi) is 8.20. The second-order valence-corrected chi connectivity index (χ2v) is 9.51. The van der Waals surface area contributed by atoms with Gasteiger partial charge >= 0.3 is 5.97 Å².